The van der Waals surface area contributed by atoms with Crippen molar-refractivity contribution < 1.29 is 8.42 Å². The molecule has 0 unspecified atom stereocenters. The first-order chi connectivity index (χ1) is 6.31. The fraction of sp³-hybridized carbons (Fsp3) is 1.00. The molecule has 0 bridgehead atoms. The van der Waals surface area contributed by atoms with Crippen LogP contribution in [0.4, 0.5) is 0 Å². The molecule has 0 saturated carbocycles. The van der Waals surface area contributed by atoms with Crippen molar-refractivity contribution in [3.63, 3.8) is 0 Å². The summed E-state index contributed by atoms with van der Waals surface area (Å²) in [5.74, 6) is 0. The molecule has 1 fully saturated rings. The molecule has 0 amide bonds. The van der Waals surface area contributed by atoms with Gasteiger partial charge in [-0.05, 0) is 20.8 Å². The Kier molecular flexibility index (Phi) is 3.52. The maximum Gasteiger partial charge on any atom is 0.280 e. The highest BCUT2D eigenvalue weighted by Crippen LogP contribution is 2.06. The molecule has 0 radical (unpaired) electrons. The van der Waals surface area contributed by atoms with Crippen LogP contribution in [0.2, 0.25) is 0 Å². The molecule has 5 nitrogen and oxygen atoms in total. The summed E-state index contributed by atoms with van der Waals surface area (Å²) >= 11 is 0. The zero-order valence-electron chi connectivity index (χ0n) is 9.00. The summed E-state index contributed by atoms with van der Waals surface area (Å²) in [4.78, 5) is 0. The van der Waals surface area contributed by atoms with Crippen LogP contribution in [-0.2, 0) is 10.2 Å². The SMILES string of the molecule is CC(C)(C)NS(=O)(=O)N1CCNCC1. The van der Waals surface area contributed by atoms with Gasteiger partial charge in [-0.2, -0.15) is 17.4 Å². The van der Waals surface area contributed by atoms with Crippen LogP contribution >= 0.6 is 0 Å². The number of piperazine rings is 1. The standard InChI is InChI=1S/C8H19N3O2S/c1-8(2,3)10-14(12,13)11-6-4-9-5-7-11/h9-10H,4-7H2,1-3H3. The number of nitrogens with one attached hydrogen (secondary N) is 2. The van der Waals surface area contributed by atoms with Crippen molar-refractivity contribution in [2.75, 3.05) is 26.2 Å². The topological polar surface area (TPSA) is 61.4 Å². The molecular weight excluding hydrogens is 202 g/mol. The van der Waals surface area contributed by atoms with E-state index in [4.69, 9.17) is 0 Å². The maximum absolute atomic E-state index is 11.8. The average molecular weight is 221 g/mol. The molecule has 2 N–H and O–H groups in total. The summed E-state index contributed by atoms with van der Waals surface area (Å²) in [6.45, 7) is 8.07. The van der Waals surface area contributed by atoms with Crippen LogP contribution in [-0.4, -0.2) is 44.4 Å². The first-order valence-corrected chi connectivity index (χ1v) is 6.25. The second-order valence-electron chi connectivity index (χ2n) is 4.51. The Hall–Kier alpha value is -0.170. The van der Waals surface area contributed by atoms with E-state index in [-0.39, 0.29) is 0 Å². The summed E-state index contributed by atoms with van der Waals surface area (Å²) in [6.07, 6.45) is 0. The lowest BCUT2D eigenvalue weighted by atomic mass is 10.1. The van der Waals surface area contributed by atoms with Gasteiger partial charge in [-0.25, -0.2) is 0 Å². The highest BCUT2D eigenvalue weighted by molar-refractivity contribution is 7.87. The van der Waals surface area contributed by atoms with Crippen molar-refractivity contribution in [2.45, 2.75) is 26.3 Å². The molecule has 84 valence electrons. The molecule has 0 aromatic carbocycles. The van der Waals surface area contributed by atoms with E-state index in [0.717, 1.165) is 13.1 Å². The van der Waals surface area contributed by atoms with Crippen LogP contribution in [0.15, 0.2) is 0 Å². The van der Waals surface area contributed by atoms with E-state index in [2.05, 4.69) is 10.0 Å². The summed E-state index contributed by atoms with van der Waals surface area (Å²) in [5.41, 5.74) is -0.413. The number of hydrogen-bond donors (Lipinski definition) is 2. The van der Waals surface area contributed by atoms with Gasteiger partial charge in [-0.1, -0.05) is 0 Å². The molecule has 6 heteroatoms. The van der Waals surface area contributed by atoms with Crippen LogP contribution in [0.5, 0.6) is 0 Å². The molecule has 0 atom stereocenters. The Morgan fingerprint density at radius 3 is 2.14 bits per heavy atom. The lowest BCUT2D eigenvalue weighted by molar-refractivity contribution is 0.344. The van der Waals surface area contributed by atoms with Gasteiger partial charge in [0.15, 0.2) is 0 Å². The van der Waals surface area contributed by atoms with Crippen molar-refractivity contribution in [3.05, 3.63) is 0 Å². The zero-order valence-corrected chi connectivity index (χ0v) is 9.82. The van der Waals surface area contributed by atoms with E-state index >= 15 is 0 Å². The van der Waals surface area contributed by atoms with Gasteiger partial charge in [-0.3, -0.25) is 0 Å². The fourth-order valence-electron chi connectivity index (χ4n) is 1.34. The number of nitrogens with zero attached hydrogens (tertiary/aromatic N) is 1. The van der Waals surface area contributed by atoms with E-state index in [1.165, 1.54) is 4.31 Å². The van der Waals surface area contributed by atoms with E-state index in [9.17, 15) is 8.42 Å². The van der Waals surface area contributed by atoms with E-state index in [1.807, 2.05) is 20.8 Å². The molecule has 0 aliphatic carbocycles. The van der Waals surface area contributed by atoms with Gasteiger partial charge < -0.3 is 5.32 Å². The second kappa shape index (κ2) is 4.14. The molecule has 0 aromatic heterocycles. The third-order valence-corrected chi connectivity index (χ3v) is 3.77. The Bertz CT molecular complexity index is 275. The van der Waals surface area contributed by atoms with Crippen molar-refractivity contribution in [2.24, 2.45) is 0 Å². The van der Waals surface area contributed by atoms with E-state index < -0.39 is 15.7 Å². The largest absolute Gasteiger partial charge is 0.314 e. The van der Waals surface area contributed by atoms with Crippen molar-refractivity contribution >= 4 is 10.2 Å². The molecule has 1 rings (SSSR count). The predicted molar refractivity (Wildman–Crippen MR) is 56.3 cm³/mol. The highest BCUT2D eigenvalue weighted by atomic mass is 32.2. The summed E-state index contributed by atoms with van der Waals surface area (Å²) in [5, 5.41) is 3.12. The van der Waals surface area contributed by atoms with Crippen LogP contribution < -0.4 is 10.0 Å². The first kappa shape index (κ1) is 11.9. The van der Waals surface area contributed by atoms with Crippen LogP contribution in [0.25, 0.3) is 0 Å². The molecule has 1 aliphatic heterocycles. The summed E-state index contributed by atoms with van der Waals surface area (Å²) in [6, 6.07) is 0. The van der Waals surface area contributed by atoms with Crippen molar-refractivity contribution in [1.82, 2.24) is 14.3 Å². The first-order valence-electron chi connectivity index (χ1n) is 4.81. The Morgan fingerprint density at radius 2 is 1.71 bits per heavy atom. The summed E-state index contributed by atoms with van der Waals surface area (Å²) in [7, 11) is -3.30. The van der Waals surface area contributed by atoms with Gasteiger partial charge in [0.05, 0.1) is 0 Å². The third-order valence-electron chi connectivity index (χ3n) is 1.85. The Balaban J connectivity index is 2.64. The average Bonchev–Trinajstić information content (AvgIpc) is 2.01. The van der Waals surface area contributed by atoms with E-state index in [0.29, 0.717) is 13.1 Å². The highest BCUT2D eigenvalue weighted by Gasteiger charge is 2.27. The lowest BCUT2D eigenvalue weighted by Gasteiger charge is -2.30. The van der Waals surface area contributed by atoms with Gasteiger partial charge in [0.1, 0.15) is 0 Å². The lowest BCUT2D eigenvalue weighted by Crippen LogP contribution is -2.54. The third kappa shape index (κ3) is 3.53. The number of hydrogen-bond acceptors (Lipinski definition) is 3. The quantitative estimate of drug-likeness (QED) is 0.662. The molecule has 0 spiro atoms. The fourth-order valence-corrected chi connectivity index (χ4v) is 2.90. The molecule has 1 aliphatic rings. The molecule has 1 saturated heterocycles. The van der Waals surface area contributed by atoms with Crippen molar-refractivity contribution in [1.29, 1.82) is 0 Å². The minimum atomic E-state index is -3.30. The zero-order chi connectivity index (χ0) is 10.8. The van der Waals surface area contributed by atoms with Crippen LogP contribution in [0.3, 0.4) is 0 Å². The van der Waals surface area contributed by atoms with Crippen molar-refractivity contribution in [3.8, 4) is 0 Å². The number of rotatable bonds is 2. The minimum Gasteiger partial charge on any atom is -0.314 e. The van der Waals surface area contributed by atoms with Crippen LogP contribution in [0.1, 0.15) is 20.8 Å². The maximum atomic E-state index is 11.8. The minimum absolute atomic E-state index is 0.413. The Morgan fingerprint density at radius 1 is 1.21 bits per heavy atom. The summed E-state index contributed by atoms with van der Waals surface area (Å²) < 4.78 is 27.7. The molecule has 1 heterocycles. The second-order valence-corrected chi connectivity index (χ2v) is 6.18. The van der Waals surface area contributed by atoms with Gasteiger partial charge in [-0.15, -0.1) is 0 Å². The monoisotopic (exact) mass is 221 g/mol. The molecule has 14 heavy (non-hydrogen) atoms. The van der Waals surface area contributed by atoms with Crippen LogP contribution in [0, 0.1) is 0 Å². The molecular formula is C8H19N3O2S. The van der Waals surface area contributed by atoms with Gasteiger partial charge in [0, 0.05) is 31.7 Å². The molecule has 0 aromatic rings. The Labute approximate surface area is 86.0 Å². The van der Waals surface area contributed by atoms with Gasteiger partial charge in [0.2, 0.25) is 0 Å². The van der Waals surface area contributed by atoms with E-state index in [1.54, 1.807) is 0 Å². The van der Waals surface area contributed by atoms with Gasteiger partial charge >= 0.3 is 0 Å². The predicted octanol–water partition coefficient (Wildman–Crippen LogP) is -0.475. The van der Waals surface area contributed by atoms with Gasteiger partial charge in [0.25, 0.3) is 10.2 Å². The smallest absolute Gasteiger partial charge is 0.280 e. The normalized spacial score (nSPS) is 21.1.